The predicted molar refractivity (Wildman–Crippen MR) is 115 cm³/mol. The fraction of sp³-hybridized carbons (Fsp3) is 0.0952. The summed E-state index contributed by atoms with van der Waals surface area (Å²) < 4.78 is 10.9. The second-order valence-electron chi connectivity index (χ2n) is 6.67. The Kier molecular flexibility index (Phi) is 6.29. The van der Waals surface area contributed by atoms with E-state index in [2.05, 4.69) is 0 Å². The molecule has 3 rings (SSSR count). The van der Waals surface area contributed by atoms with Crippen LogP contribution in [0.15, 0.2) is 47.3 Å². The Bertz CT molecular complexity index is 1330. The summed E-state index contributed by atoms with van der Waals surface area (Å²) in [4.78, 5) is 48.2. The molecule has 1 aromatic heterocycles. The van der Waals surface area contributed by atoms with Crippen LogP contribution in [-0.2, 0) is 6.61 Å². The van der Waals surface area contributed by atoms with Crippen molar-refractivity contribution in [1.82, 2.24) is 4.98 Å². The Morgan fingerprint density at radius 2 is 1.82 bits per heavy atom. The highest BCUT2D eigenvalue weighted by Gasteiger charge is 2.27. The molecule has 33 heavy (non-hydrogen) atoms. The number of rotatable bonds is 8. The van der Waals surface area contributed by atoms with Crippen molar-refractivity contribution < 1.29 is 34.2 Å². The summed E-state index contributed by atoms with van der Waals surface area (Å²) in [6, 6.07) is 9.68. The van der Waals surface area contributed by atoms with Crippen molar-refractivity contribution >= 4 is 23.4 Å². The molecule has 0 amide bonds. The Labute approximate surface area is 185 Å². The Hall–Kier alpha value is -4.87. The summed E-state index contributed by atoms with van der Waals surface area (Å²) >= 11 is 0. The largest absolute Gasteiger partial charge is 0.496 e. The number of nitrogens with one attached hydrogen (secondary N) is 1. The molecule has 5 N–H and O–H groups in total. The van der Waals surface area contributed by atoms with Gasteiger partial charge in [0.05, 0.1) is 18.1 Å². The van der Waals surface area contributed by atoms with Gasteiger partial charge in [0.1, 0.15) is 35.1 Å². The van der Waals surface area contributed by atoms with Crippen molar-refractivity contribution in [3.05, 3.63) is 79.6 Å². The number of aromatic amines is 1. The second-order valence-corrected chi connectivity index (χ2v) is 6.67. The van der Waals surface area contributed by atoms with E-state index in [1.807, 2.05) is 4.98 Å². The van der Waals surface area contributed by atoms with Crippen molar-refractivity contribution in [2.75, 3.05) is 12.8 Å². The molecule has 0 fully saturated rings. The number of non-ortho nitro benzene ring substituents is 1. The number of carboxylic acid groups (broad SMARTS) is 2. The van der Waals surface area contributed by atoms with E-state index in [9.17, 15) is 34.7 Å². The SMILES string of the molecule is COc1ccc(-c2c(C(=O)O)c(N)[nH]c(=O)c2C(=O)O)cc1COc1cccc([N+](=O)[O-])c1. The highest BCUT2D eigenvalue weighted by atomic mass is 16.6. The molecule has 12 heteroatoms. The highest BCUT2D eigenvalue weighted by molar-refractivity contribution is 6.07. The van der Waals surface area contributed by atoms with Crippen molar-refractivity contribution in [3.63, 3.8) is 0 Å². The Morgan fingerprint density at radius 3 is 2.42 bits per heavy atom. The maximum Gasteiger partial charge on any atom is 0.342 e. The van der Waals surface area contributed by atoms with E-state index in [0.29, 0.717) is 11.3 Å². The van der Waals surface area contributed by atoms with Crippen LogP contribution >= 0.6 is 0 Å². The zero-order valence-electron chi connectivity index (χ0n) is 17.0. The van der Waals surface area contributed by atoms with Gasteiger partial charge in [-0.05, 0) is 23.8 Å². The first-order valence-electron chi connectivity index (χ1n) is 9.21. The van der Waals surface area contributed by atoms with Gasteiger partial charge in [-0.15, -0.1) is 0 Å². The number of hydrogen-bond donors (Lipinski definition) is 4. The third-order valence-corrected chi connectivity index (χ3v) is 4.66. The Morgan fingerprint density at radius 1 is 1.12 bits per heavy atom. The van der Waals surface area contributed by atoms with E-state index in [1.165, 1.54) is 49.6 Å². The van der Waals surface area contributed by atoms with E-state index in [-0.39, 0.29) is 29.2 Å². The van der Waals surface area contributed by atoms with Crippen LogP contribution in [0.25, 0.3) is 11.1 Å². The van der Waals surface area contributed by atoms with Crippen LogP contribution in [0.2, 0.25) is 0 Å². The smallest absolute Gasteiger partial charge is 0.342 e. The monoisotopic (exact) mass is 455 g/mol. The summed E-state index contributed by atoms with van der Waals surface area (Å²) in [6.45, 7) is -0.165. The molecule has 1 heterocycles. The van der Waals surface area contributed by atoms with Crippen LogP contribution in [0.1, 0.15) is 26.3 Å². The lowest BCUT2D eigenvalue weighted by molar-refractivity contribution is -0.384. The zero-order valence-corrected chi connectivity index (χ0v) is 17.0. The number of nitrogens with zero attached hydrogens (tertiary/aromatic N) is 1. The number of carboxylic acids is 2. The number of nitrogens with two attached hydrogens (primary N) is 1. The molecule has 2 aromatic carbocycles. The van der Waals surface area contributed by atoms with E-state index >= 15 is 0 Å². The van der Waals surface area contributed by atoms with Crippen LogP contribution in [0.5, 0.6) is 11.5 Å². The normalized spacial score (nSPS) is 10.5. The second kappa shape index (κ2) is 9.09. The lowest BCUT2D eigenvalue weighted by atomic mass is 9.94. The summed E-state index contributed by atoms with van der Waals surface area (Å²) in [5.41, 5.74) is 3.09. The molecule has 0 unspecified atom stereocenters. The van der Waals surface area contributed by atoms with Gasteiger partial charge in [-0.1, -0.05) is 12.1 Å². The molecule has 0 aliphatic rings. The topological polar surface area (TPSA) is 195 Å². The molecule has 170 valence electrons. The number of methoxy groups -OCH3 is 1. The van der Waals surface area contributed by atoms with Gasteiger partial charge in [0.2, 0.25) is 0 Å². The summed E-state index contributed by atoms with van der Waals surface area (Å²) in [6.07, 6.45) is 0. The number of carbonyl (C=O) groups is 2. The molecule has 0 saturated heterocycles. The number of anilines is 1. The predicted octanol–water partition coefficient (Wildman–Crippen LogP) is 2.52. The number of nitro benzene ring substituents is 1. The molecule has 0 atom stereocenters. The van der Waals surface area contributed by atoms with Crippen molar-refractivity contribution in [2.24, 2.45) is 0 Å². The van der Waals surface area contributed by atoms with Crippen LogP contribution in [0.4, 0.5) is 11.5 Å². The fourth-order valence-electron chi connectivity index (χ4n) is 3.23. The van der Waals surface area contributed by atoms with Gasteiger partial charge in [-0.3, -0.25) is 14.9 Å². The maximum absolute atomic E-state index is 12.2. The van der Waals surface area contributed by atoms with Crippen LogP contribution in [0.3, 0.4) is 0 Å². The molecule has 3 aromatic rings. The average Bonchev–Trinajstić information content (AvgIpc) is 2.76. The first-order valence-corrected chi connectivity index (χ1v) is 9.21. The van der Waals surface area contributed by atoms with Gasteiger partial charge in [-0.2, -0.15) is 0 Å². The van der Waals surface area contributed by atoms with Gasteiger partial charge in [0, 0.05) is 17.2 Å². The quantitative estimate of drug-likeness (QED) is 0.289. The first kappa shape index (κ1) is 22.8. The molecule has 0 saturated carbocycles. The van der Waals surface area contributed by atoms with Crippen LogP contribution < -0.4 is 20.8 Å². The maximum atomic E-state index is 12.2. The van der Waals surface area contributed by atoms with Gasteiger partial charge >= 0.3 is 11.9 Å². The van der Waals surface area contributed by atoms with Gasteiger partial charge < -0.3 is 30.4 Å². The molecule has 0 radical (unpaired) electrons. The minimum atomic E-state index is -1.64. The van der Waals surface area contributed by atoms with E-state index < -0.39 is 39.4 Å². The number of pyridine rings is 1. The van der Waals surface area contributed by atoms with Crippen molar-refractivity contribution in [3.8, 4) is 22.6 Å². The van der Waals surface area contributed by atoms with Crippen LogP contribution in [0, 0.1) is 10.1 Å². The third-order valence-electron chi connectivity index (χ3n) is 4.66. The zero-order chi connectivity index (χ0) is 24.3. The highest BCUT2D eigenvalue weighted by Crippen LogP contribution is 2.33. The molecular formula is C21H17N3O9. The summed E-state index contributed by atoms with van der Waals surface area (Å²) in [5.74, 6) is -3.17. The molecule has 0 bridgehead atoms. The number of H-pyrrole nitrogens is 1. The number of ether oxygens (including phenoxy) is 2. The number of benzene rings is 2. The minimum Gasteiger partial charge on any atom is -0.496 e. The number of nitro groups is 1. The van der Waals surface area contributed by atoms with Crippen LogP contribution in [-0.4, -0.2) is 39.2 Å². The number of nitrogen functional groups attached to an aromatic ring is 1. The van der Waals surface area contributed by atoms with Crippen molar-refractivity contribution in [2.45, 2.75) is 6.61 Å². The Balaban J connectivity index is 2.12. The van der Waals surface area contributed by atoms with Gasteiger partial charge in [0.15, 0.2) is 0 Å². The number of hydrogen-bond acceptors (Lipinski definition) is 8. The van der Waals surface area contributed by atoms with E-state index in [4.69, 9.17) is 15.2 Å². The van der Waals surface area contributed by atoms with E-state index in [1.54, 1.807) is 0 Å². The number of aromatic carboxylic acids is 2. The lowest BCUT2D eigenvalue weighted by Gasteiger charge is -2.15. The minimum absolute atomic E-state index is 0.0704. The van der Waals surface area contributed by atoms with E-state index in [0.717, 1.165) is 0 Å². The lowest BCUT2D eigenvalue weighted by Crippen LogP contribution is -2.24. The summed E-state index contributed by atoms with van der Waals surface area (Å²) in [7, 11) is 1.38. The average molecular weight is 455 g/mol. The first-order chi connectivity index (χ1) is 15.6. The molecule has 0 aliphatic heterocycles. The third kappa shape index (κ3) is 4.58. The molecule has 12 nitrogen and oxygen atoms in total. The summed E-state index contributed by atoms with van der Waals surface area (Å²) in [5, 5.41) is 30.1. The fourth-order valence-corrected chi connectivity index (χ4v) is 3.23. The number of aromatic nitrogens is 1. The van der Waals surface area contributed by atoms with Crippen molar-refractivity contribution in [1.29, 1.82) is 0 Å². The molecule has 0 aliphatic carbocycles. The molecule has 0 spiro atoms. The van der Waals surface area contributed by atoms with Gasteiger partial charge in [-0.25, -0.2) is 9.59 Å². The van der Waals surface area contributed by atoms with Gasteiger partial charge in [0.25, 0.3) is 11.2 Å². The standard InChI is InChI=1S/C21H17N3O9/c1-32-14-6-5-10(7-11(14)9-33-13-4-2-3-12(8-13)24(30)31)15-16(20(26)27)18(22)23-19(25)17(15)21(28)29/h2-8H,9H2,1H3,(H,26,27)(H,28,29)(H3,22,23,25). The molecular weight excluding hydrogens is 438 g/mol.